The van der Waals surface area contributed by atoms with Gasteiger partial charge in [0.1, 0.15) is 0 Å². The van der Waals surface area contributed by atoms with Crippen LogP contribution in [0.15, 0.2) is 72.8 Å². The Bertz CT molecular complexity index is 1060. The molecular weight excluding hydrogens is 408 g/mol. The summed E-state index contributed by atoms with van der Waals surface area (Å²) in [5, 5.41) is 26.4. The van der Waals surface area contributed by atoms with Gasteiger partial charge >= 0.3 is 0 Å². The van der Waals surface area contributed by atoms with Crippen LogP contribution in [-0.4, -0.2) is 30.1 Å². The summed E-state index contributed by atoms with van der Waals surface area (Å²) in [4.78, 5) is 24.4. The van der Waals surface area contributed by atoms with Gasteiger partial charge in [-0.05, 0) is 54.3 Å². The molecule has 0 bridgehead atoms. The maximum absolute atomic E-state index is 12.2. The summed E-state index contributed by atoms with van der Waals surface area (Å²) < 4.78 is 0. The number of carbonyl (C=O) groups is 2. The first-order valence-corrected chi connectivity index (χ1v) is 10.2. The van der Waals surface area contributed by atoms with Crippen LogP contribution < -0.4 is 21.6 Å². The molecule has 0 atom stereocenters. The summed E-state index contributed by atoms with van der Waals surface area (Å²) >= 11 is 0. The van der Waals surface area contributed by atoms with Crippen molar-refractivity contribution < 1.29 is 14.8 Å². The number of benzene rings is 3. The molecule has 8 heteroatoms. The number of nitrogens with one attached hydrogen (secondary N) is 2. The van der Waals surface area contributed by atoms with Gasteiger partial charge in [-0.25, -0.2) is 0 Å². The van der Waals surface area contributed by atoms with Crippen molar-refractivity contribution in [3.63, 3.8) is 0 Å². The Morgan fingerprint density at radius 3 is 1.75 bits per heavy atom. The molecule has 2 amide bonds. The van der Waals surface area contributed by atoms with Crippen molar-refractivity contribution in [1.29, 1.82) is 0 Å². The molecule has 0 saturated heterocycles. The Labute approximate surface area is 186 Å². The molecule has 0 aliphatic heterocycles. The molecule has 0 unspecified atom stereocenters. The van der Waals surface area contributed by atoms with Crippen LogP contribution in [0, 0.1) is 5.21 Å². The van der Waals surface area contributed by atoms with Crippen molar-refractivity contribution in [2.45, 2.75) is 12.8 Å². The molecule has 3 aromatic carbocycles. The maximum atomic E-state index is 12.2. The summed E-state index contributed by atoms with van der Waals surface area (Å²) in [5.74, 6) is -0.417. The van der Waals surface area contributed by atoms with E-state index in [1.54, 1.807) is 54.6 Å². The lowest BCUT2D eigenvalue weighted by Gasteiger charge is -2.26. The minimum absolute atomic E-state index is 0.0218. The number of hydrogen-bond donors (Lipinski definition) is 4. The fraction of sp³-hybridized carbons (Fsp3) is 0.167. The molecule has 0 aromatic heterocycles. The second-order valence-electron chi connectivity index (χ2n) is 7.20. The lowest BCUT2D eigenvalue weighted by atomic mass is 10.0. The normalized spacial score (nSPS) is 10.4. The van der Waals surface area contributed by atoms with Crippen molar-refractivity contribution >= 4 is 23.2 Å². The van der Waals surface area contributed by atoms with Crippen molar-refractivity contribution in [2.75, 3.05) is 24.0 Å². The van der Waals surface area contributed by atoms with Crippen LogP contribution in [0.4, 0.5) is 11.4 Å². The lowest BCUT2D eigenvalue weighted by molar-refractivity contribution is 0.0946. The smallest absolute Gasteiger partial charge is 0.251 e. The van der Waals surface area contributed by atoms with Crippen molar-refractivity contribution in [3.05, 3.63) is 100 Å². The van der Waals surface area contributed by atoms with E-state index in [2.05, 4.69) is 10.6 Å². The quantitative estimate of drug-likeness (QED) is 0.303. The second kappa shape index (κ2) is 10.9. The van der Waals surface area contributed by atoms with Gasteiger partial charge in [-0.15, -0.1) is 0 Å². The van der Waals surface area contributed by atoms with Crippen LogP contribution in [0.2, 0.25) is 0 Å². The second-order valence-corrected chi connectivity index (χ2v) is 7.20. The largest absolute Gasteiger partial charge is 0.733 e. The van der Waals surface area contributed by atoms with Gasteiger partial charge < -0.3 is 26.8 Å². The maximum Gasteiger partial charge on any atom is 0.251 e. The number of anilines is 2. The summed E-state index contributed by atoms with van der Waals surface area (Å²) in [5.41, 5.74) is 8.77. The fourth-order valence-electron chi connectivity index (χ4n) is 3.30. The average molecular weight is 433 g/mol. The molecule has 0 heterocycles. The Balaban J connectivity index is 1.63. The van der Waals surface area contributed by atoms with Crippen LogP contribution in [-0.2, 0) is 12.8 Å². The molecule has 0 saturated carbocycles. The predicted octanol–water partition coefficient (Wildman–Crippen LogP) is 2.91. The van der Waals surface area contributed by atoms with Gasteiger partial charge in [-0.2, -0.15) is 0 Å². The highest BCUT2D eigenvalue weighted by Gasteiger charge is 2.11. The number of nitrogen functional groups attached to an aromatic ring is 1. The Kier molecular flexibility index (Phi) is 7.80. The van der Waals surface area contributed by atoms with Gasteiger partial charge in [-0.3, -0.25) is 14.8 Å². The summed E-state index contributed by atoms with van der Waals surface area (Å²) in [7, 11) is 0. The first kappa shape index (κ1) is 22.8. The van der Waals surface area contributed by atoms with Gasteiger partial charge in [0.05, 0.1) is 5.69 Å². The van der Waals surface area contributed by atoms with Gasteiger partial charge in [0.25, 0.3) is 11.8 Å². The van der Waals surface area contributed by atoms with Gasteiger partial charge in [-0.1, -0.05) is 42.5 Å². The summed E-state index contributed by atoms with van der Waals surface area (Å²) in [6.07, 6.45) is 0.759. The van der Waals surface area contributed by atoms with E-state index >= 15 is 0 Å². The first-order chi connectivity index (χ1) is 15.5. The fourth-order valence-corrected chi connectivity index (χ4v) is 3.30. The van der Waals surface area contributed by atoms with Gasteiger partial charge in [0, 0.05) is 29.9 Å². The van der Waals surface area contributed by atoms with Crippen LogP contribution in [0.25, 0.3) is 0 Å². The predicted molar refractivity (Wildman–Crippen MR) is 123 cm³/mol. The molecule has 0 spiro atoms. The van der Waals surface area contributed by atoms with Crippen molar-refractivity contribution in [1.82, 2.24) is 10.6 Å². The standard InChI is InChI=1S/C24H25N4O4/c25-21-16-22(28(31)32)20(12-14-27-24(30)18-9-5-2-6-10-18)15-19(21)11-13-26-23(29)17-7-3-1-4-8-17/h1-10,15-16,31H,11-14,25H2,(H,26,29)(H,27,30)/q-1. The number of amides is 2. The lowest BCUT2D eigenvalue weighted by Crippen LogP contribution is -2.27. The van der Waals surface area contributed by atoms with E-state index < -0.39 is 0 Å². The third-order valence-electron chi connectivity index (χ3n) is 4.98. The zero-order valence-corrected chi connectivity index (χ0v) is 17.5. The Morgan fingerprint density at radius 1 is 0.812 bits per heavy atom. The molecule has 166 valence electrons. The van der Waals surface area contributed by atoms with Crippen molar-refractivity contribution in [3.8, 4) is 0 Å². The van der Waals surface area contributed by atoms with Crippen LogP contribution in [0.1, 0.15) is 31.8 Å². The van der Waals surface area contributed by atoms with Crippen molar-refractivity contribution in [2.24, 2.45) is 0 Å². The SMILES string of the molecule is Nc1cc(N([O-])O)c(CCNC(=O)c2ccccc2)cc1CCNC(=O)c1ccccc1. The van der Waals surface area contributed by atoms with Crippen LogP contribution >= 0.6 is 0 Å². The monoisotopic (exact) mass is 433 g/mol. The zero-order chi connectivity index (χ0) is 22.9. The number of carbonyl (C=O) groups excluding carboxylic acids is 2. The molecule has 5 N–H and O–H groups in total. The highest BCUT2D eigenvalue weighted by Crippen LogP contribution is 2.26. The van der Waals surface area contributed by atoms with E-state index in [-0.39, 0.29) is 29.3 Å². The molecule has 0 aliphatic rings. The Hall–Kier alpha value is -3.88. The van der Waals surface area contributed by atoms with Gasteiger partial charge in [0.15, 0.2) is 0 Å². The molecule has 0 aliphatic carbocycles. The summed E-state index contributed by atoms with van der Waals surface area (Å²) in [6, 6.07) is 20.8. The number of hydrogen-bond acceptors (Lipinski definition) is 6. The van der Waals surface area contributed by atoms with E-state index in [1.807, 2.05) is 12.1 Å². The molecule has 32 heavy (non-hydrogen) atoms. The van der Waals surface area contributed by atoms with Gasteiger partial charge in [0.2, 0.25) is 0 Å². The highest BCUT2D eigenvalue weighted by molar-refractivity contribution is 5.94. The minimum atomic E-state index is -0.230. The molecular formula is C24H25N4O4-. The Morgan fingerprint density at radius 2 is 1.28 bits per heavy atom. The van der Waals surface area contributed by atoms with E-state index in [0.717, 1.165) is 5.56 Å². The first-order valence-electron chi connectivity index (χ1n) is 10.2. The molecule has 3 aromatic rings. The topological polar surface area (TPSA) is 131 Å². The minimum Gasteiger partial charge on any atom is -0.733 e. The van der Waals surface area contributed by atoms with E-state index in [1.165, 1.54) is 6.07 Å². The average Bonchev–Trinajstić information content (AvgIpc) is 2.81. The molecule has 0 fully saturated rings. The molecule has 8 nitrogen and oxygen atoms in total. The summed E-state index contributed by atoms with van der Waals surface area (Å²) in [6.45, 7) is 0.615. The third kappa shape index (κ3) is 6.07. The van der Waals surface area contributed by atoms with Crippen LogP contribution in [0.5, 0.6) is 0 Å². The van der Waals surface area contributed by atoms with Crippen LogP contribution in [0.3, 0.4) is 0 Å². The van der Waals surface area contributed by atoms with E-state index in [0.29, 0.717) is 41.8 Å². The number of nitrogens with zero attached hydrogens (tertiary/aromatic N) is 1. The number of rotatable bonds is 9. The molecule has 0 radical (unpaired) electrons. The zero-order valence-electron chi connectivity index (χ0n) is 17.5. The van der Waals surface area contributed by atoms with E-state index in [9.17, 15) is 20.0 Å². The van der Waals surface area contributed by atoms with E-state index in [4.69, 9.17) is 5.73 Å². The third-order valence-corrected chi connectivity index (χ3v) is 4.98. The number of nitrogens with two attached hydrogens (primary N) is 1. The highest BCUT2D eigenvalue weighted by atomic mass is 16.8. The molecule has 3 rings (SSSR count).